The number of carbonyl (C=O) groups is 1. The van der Waals surface area contributed by atoms with Gasteiger partial charge in [-0.1, -0.05) is 44.2 Å². The van der Waals surface area contributed by atoms with Crippen molar-refractivity contribution in [1.82, 2.24) is 10.3 Å². The highest BCUT2D eigenvalue weighted by molar-refractivity contribution is 5.82. The van der Waals surface area contributed by atoms with Crippen molar-refractivity contribution in [2.75, 3.05) is 13.1 Å². The number of nitrogens with two attached hydrogens (primary N) is 1. The van der Waals surface area contributed by atoms with Crippen molar-refractivity contribution in [3.8, 4) is 0 Å². The fraction of sp³-hybridized carbons (Fsp3) is 0.462. The Hall–Kier alpha value is -1.39. The van der Waals surface area contributed by atoms with E-state index in [-0.39, 0.29) is 11.9 Å². The molecule has 0 heterocycles. The Balaban J connectivity index is 2.98. The van der Waals surface area contributed by atoms with Crippen LogP contribution in [-0.2, 0) is 4.79 Å². The number of nitrogens with one attached hydrogen (secondary N) is 1. The summed E-state index contributed by atoms with van der Waals surface area (Å²) in [6.45, 7) is 5.85. The van der Waals surface area contributed by atoms with Gasteiger partial charge in [-0.15, -0.1) is 0 Å². The summed E-state index contributed by atoms with van der Waals surface area (Å²) in [5.41, 5.74) is 3.23. The predicted octanol–water partition coefficient (Wildman–Crippen LogP) is 1.45. The first-order valence-electron chi connectivity index (χ1n) is 6.04. The summed E-state index contributed by atoms with van der Waals surface area (Å²) in [5.74, 6) is 5.11. The molecule has 3 N–H and O–H groups in total. The summed E-state index contributed by atoms with van der Waals surface area (Å²) in [7, 11) is 0. The van der Waals surface area contributed by atoms with Gasteiger partial charge in [0.2, 0.25) is 0 Å². The van der Waals surface area contributed by atoms with Gasteiger partial charge in [-0.05, 0) is 25.1 Å². The van der Waals surface area contributed by atoms with Crippen LogP contribution in [0.25, 0.3) is 0 Å². The van der Waals surface area contributed by atoms with Crippen LogP contribution in [0.15, 0.2) is 30.3 Å². The number of carbonyl (C=O) groups excluding carboxylic acids is 1. The first kappa shape index (κ1) is 13.7. The van der Waals surface area contributed by atoms with Crippen LogP contribution in [0.5, 0.6) is 0 Å². The molecule has 0 radical (unpaired) electrons. The number of hydrogen-bond acceptors (Lipinski definition) is 3. The van der Waals surface area contributed by atoms with Crippen LogP contribution in [0.4, 0.5) is 0 Å². The molecule has 0 saturated heterocycles. The largest absolute Gasteiger partial charge is 0.293 e. The van der Waals surface area contributed by atoms with Gasteiger partial charge in [0.1, 0.15) is 6.04 Å². The Morgan fingerprint density at radius 3 is 2.47 bits per heavy atom. The highest BCUT2D eigenvalue weighted by Crippen LogP contribution is 2.20. The van der Waals surface area contributed by atoms with Crippen LogP contribution >= 0.6 is 0 Å². The molecule has 0 aliphatic rings. The smallest absolute Gasteiger partial charge is 0.255 e. The van der Waals surface area contributed by atoms with E-state index in [9.17, 15) is 4.79 Å². The van der Waals surface area contributed by atoms with E-state index < -0.39 is 0 Å². The zero-order valence-electron chi connectivity index (χ0n) is 10.5. The zero-order valence-corrected chi connectivity index (χ0v) is 10.5. The van der Waals surface area contributed by atoms with Crippen molar-refractivity contribution in [3.05, 3.63) is 35.9 Å². The van der Waals surface area contributed by atoms with E-state index in [4.69, 9.17) is 5.84 Å². The second kappa shape index (κ2) is 7.04. The lowest BCUT2D eigenvalue weighted by Crippen LogP contribution is -2.43. The number of hydrazine groups is 1. The number of likely N-dealkylation sites (N-methyl/N-ethyl adjacent to an activating group) is 1. The Bertz CT molecular complexity index is 340. The van der Waals surface area contributed by atoms with E-state index >= 15 is 0 Å². The van der Waals surface area contributed by atoms with Crippen molar-refractivity contribution >= 4 is 5.91 Å². The van der Waals surface area contributed by atoms with Crippen molar-refractivity contribution in [3.63, 3.8) is 0 Å². The fourth-order valence-corrected chi connectivity index (χ4v) is 2.00. The SMILES string of the molecule is CCCN(CC)C(C(=O)NN)c1ccccc1. The molecule has 0 fully saturated rings. The summed E-state index contributed by atoms with van der Waals surface area (Å²) < 4.78 is 0. The van der Waals surface area contributed by atoms with Gasteiger partial charge in [0, 0.05) is 0 Å². The van der Waals surface area contributed by atoms with Crippen molar-refractivity contribution in [1.29, 1.82) is 0 Å². The van der Waals surface area contributed by atoms with E-state index in [1.807, 2.05) is 30.3 Å². The second-order valence-electron chi connectivity index (χ2n) is 3.95. The Kier molecular flexibility index (Phi) is 5.66. The van der Waals surface area contributed by atoms with Crippen LogP contribution in [0.1, 0.15) is 31.9 Å². The van der Waals surface area contributed by atoms with E-state index in [0.717, 1.165) is 25.1 Å². The lowest BCUT2D eigenvalue weighted by molar-refractivity contribution is -0.126. The van der Waals surface area contributed by atoms with Gasteiger partial charge < -0.3 is 0 Å². The minimum atomic E-state index is -0.300. The number of amides is 1. The monoisotopic (exact) mass is 235 g/mol. The molecule has 0 aromatic heterocycles. The summed E-state index contributed by atoms with van der Waals surface area (Å²) in [6, 6.07) is 9.43. The predicted molar refractivity (Wildman–Crippen MR) is 69.1 cm³/mol. The first-order valence-corrected chi connectivity index (χ1v) is 6.04. The van der Waals surface area contributed by atoms with E-state index in [2.05, 4.69) is 24.2 Å². The van der Waals surface area contributed by atoms with Gasteiger partial charge in [0.15, 0.2) is 0 Å². The highest BCUT2D eigenvalue weighted by atomic mass is 16.2. The standard InChI is InChI=1S/C13H21N3O/c1-3-10-16(4-2)12(13(17)15-14)11-8-6-5-7-9-11/h5-9,12H,3-4,10,14H2,1-2H3,(H,15,17). The Morgan fingerprint density at radius 2 is 2.00 bits per heavy atom. The molecule has 1 rings (SSSR count). The first-order chi connectivity index (χ1) is 8.24. The maximum Gasteiger partial charge on any atom is 0.255 e. The number of hydrogen-bond donors (Lipinski definition) is 2. The van der Waals surface area contributed by atoms with Crippen LogP contribution in [0.3, 0.4) is 0 Å². The lowest BCUT2D eigenvalue weighted by Gasteiger charge is -2.29. The van der Waals surface area contributed by atoms with Crippen LogP contribution < -0.4 is 11.3 Å². The average Bonchev–Trinajstić information content (AvgIpc) is 2.39. The third kappa shape index (κ3) is 3.54. The number of benzene rings is 1. The summed E-state index contributed by atoms with van der Waals surface area (Å²) in [4.78, 5) is 14.0. The third-order valence-corrected chi connectivity index (χ3v) is 2.79. The van der Waals surface area contributed by atoms with Crippen LogP contribution in [0.2, 0.25) is 0 Å². The van der Waals surface area contributed by atoms with Gasteiger partial charge in [-0.2, -0.15) is 0 Å². The molecule has 1 amide bonds. The minimum Gasteiger partial charge on any atom is -0.293 e. The maximum absolute atomic E-state index is 11.9. The molecule has 17 heavy (non-hydrogen) atoms. The third-order valence-electron chi connectivity index (χ3n) is 2.79. The van der Waals surface area contributed by atoms with Gasteiger partial charge in [0.05, 0.1) is 0 Å². The number of nitrogens with zero attached hydrogens (tertiary/aromatic N) is 1. The molecule has 1 atom stereocenters. The summed E-state index contributed by atoms with van der Waals surface area (Å²) >= 11 is 0. The summed E-state index contributed by atoms with van der Waals surface area (Å²) in [5, 5.41) is 0. The van der Waals surface area contributed by atoms with E-state index in [1.54, 1.807) is 0 Å². The zero-order chi connectivity index (χ0) is 12.7. The maximum atomic E-state index is 11.9. The van der Waals surface area contributed by atoms with Gasteiger partial charge >= 0.3 is 0 Å². The lowest BCUT2D eigenvalue weighted by atomic mass is 10.0. The van der Waals surface area contributed by atoms with E-state index in [1.165, 1.54) is 0 Å². The molecule has 1 aromatic rings. The molecule has 0 bridgehead atoms. The highest BCUT2D eigenvalue weighted by Gasteiger charge is 2.25. The van der Waals surface area contributed by atoms with Gasteiger partial charge in [-0.25, -0.2) is 5.84 Å². The molecule has 94 valence electrons. The molecule has 4 nitrogen and oxygen atoms in total. The van der Waals surface area contributed by atoms with Crippen molar-refractivity contribution in [2.45, 2.75) is 26.3 Å². The molecule has 0 aliphatic heterocycles. The van der Waals surface area contributed by atoms with Crippen molar-refractivity contribution in [2.24, 2.45) is 5.84 Å². The second-order valence-corrected chi connectivity index (χ2v) is 3.95. The molecular weight excluding hydrogens is 214 g/mol. The topological polar surface area (TPSA) is 58.4 Å². The molecule has 0 aliphatic carbocycles. The normalized spacial score (nSPS) is 12.5. The molecule has 1 aromatic carbocycles. The number of rotatable bonds is 6. The molecule has 4 heteroatoms. The quantitative estimate of drug-likeness (QED) is 0.446. The van der Waals surface area contributed by atoms with Gasteiger partial charge in [-0.3, -0.25) is 15.1 Å². The molecule has 0 saturated carbocycles. The molecule has 0 spiro atoms. The van der Waals surface area contributed by atoms with Gasteiger partial charge in [0.25, 0.3) is 5.91 Å². The Labute approximate surface area is 103 Å². The molecule has 1 unspecified atom stereocenters. The Morgan fingerprint density at radius 1 is 1.35 bits per heavy atom. The summed E-state index contributed by atoms with van der Waals surface area (Å²) in [6.07, 6.45) is 1.01. The van der Waals surface area contributed by atoms with Crippen LogP contribution in [0, 0.1) is 0 Å². The molecular formula is C13H21N3O. The van der Waals surface area contributed by atoms with E-state index in [0.29, 0.717) is 0 Å². The minimum absolute atomic E-state index is 0.161. The average molecular weight is 235 g/mol. The van der Waals surface area contributed by atoms with Crippen LogP contribution in [-0.4, -0.2) is 23.9 Å². The fourth-order valence-electron chi connectivity index (χ4n) is 2.00. The van der Waals surface area contributed by atoms with Crippen molar-refractivity contribution < 1.29 is 4.79 Å².